The van der Waals surface area contributed by atoms with Gasteiger partial charge >= 0.3 is 0 Å². The van der Waals surface area contributed by atoms with E-state index >= 15 is 0 Å². The van der Waals surface area contributed by atoms with Crippen molar-refractivity contribution in [2.45, 2.75) is 97.3 Å². The number of nitrogens with one attached hydrogen (secondary N) is 2. The van der Waals surface area contributed by atoms with Gasteiger partial charge in [-0.2, -0.15) is 0 Å². The lowest BCUT2D eigenvalue weighted by Crippen LogP contribution is -2.31. The van der Waals surface area contributed by atoms with E-state index in [9.17, 15) is 0 Å². The Morgan fingerprint density at radius 2 is 1.29 bits per heavy atom. The van der Waals surface area contributed by atoms with Crippen LogP contribution in [0.4, 0.5) is 0 Å². The van der Waals surface area contributed by atoms with Crippen molar-refractivity contribution >= 4 is 5.96 Å². The summed E-state index contributed by atoms with van der Waals surface area (Å²) in [5, 5.41) is 10.1. The summed E-state index contributed by atoms with van der Waals surface area (Å²) in [6, 6.07) is 0. The largest absolute Gasteiger partial charge is 0.370 e. The molecule has 0 aliphatic heterocycles. The fraction of sp³-hybridized carbons (Fsp3) is 0.944. The highest BCUT2D eigenvalue weighted by Crippen LogP contribution is 2.22. The third-order valence-electron chi connectivity index (χ3n) is 4.29. The van der Waals surface area contributed by atoms with Gasteiger partial charge in [-0.1, -0.05) is 84.5 Å². The van der Waals surface area contributed by atoms with Gasteiger partial charge in [0.2, 0.25) is 0 Å². The van der Waals surface area contributed by atoms with Crippen LogP contribution in [0.3, 0.4) is 0 Å². The van der Waals surface area contributed by atoms with Crippen LogP contribution in [0, 0.1) is 11.3 Å². The maximum atomic E-state index is 7.18. The van der Waals surface area contributed by atoms with Crippen LogP contribution in [-0.2, 0) is 0 Å². The molecular formula is C18H39N3. The topological polar surface area (TPSA) is 61.9 Å². The molecule has 0 rings (SSSR count). The zero-order chi connectivity index (χ0) is 15.8. The van der Waals surface area contributed by atoms with Crippen molar-refractivity contribution in [1.82, 2.24) is 5.32 Å². The van der Waals surface area contributed by atoms with Gasteiger partial charge in [0.1, 0.15) is 0 Å². The molecule has 0 aliphatic carbocycles. The number of nitrogens with two attached hydrogens (primary N) is 1. The monoisotopic (exact) mass is 297 g/mol. The summed E-state index contributed by atoms with van der Waals surface area (Å²) in [7, 11) is 0. The third-order valence-corrected chi connectivity index (χ3v) is 4.29. The Hall–Kier alpha value is -0.730. The van der Waals surface area contributed by atoms with E-state index in [0.29, 0.717) is 0 Å². The highest BCUT2D eigenvalue weighted by Gasteiger charge is 2.08. The lowest BCUT2D eigenvalue weighted by atomic mass is 9.90. The number of hydrogen-bond acceptors (Lipinski definition) is 1. The molecule has 0 aromatic rings. The molecule has 1 atom stereocenters. The Morgan fingerprint density at radius 3 is 1.81 bits per heavy atom. The van der Waals surface area contributed by atoms with Crippen LogP contribution >= 0.6 is 0 Å². The second kappa shape index (κ2) is 15.7. The Labute approximate surface area is 133 Å². The van der Waals surface area contributed by atoms with Gasteiger partial charge in [0.15, 0.2) is 5.96 Å². The van der Waals surface area contributed by atoms with Gasteiger partial charge in [0.05, 0.1) is 0 Å². The van der Waals surface area contributed by atoms with Crippen molar-refractivity contribution in [1.29, 1.82) is 5.41 Å². The molecular weight excluding hydrogens is 258 g/mol. The maximum Gasteiger partial charge on any atom is 0.185 e. The molecule has 0 saturated carbocycles. The van der Waals surface area contributed by atoms with Gasteiger partial charge < -0.3 is 11.1 Å². The van der Waals surface area contributed by atoms with Crippen LogP contribution in [0.2, 0.25) is 0 Å². The Balaban J connectivity index is 3.76. The van der Waals surface area contributed by atoms with E-state index in [1.807, 2.05) is 0 Å². The van der Waals surface area contributed by atoms with Crippen molar-refractivity contribution in [3.63, 3.8) is 0 Å². The highest BCUT2D eigenvalue weighted by atomic mass is 15.0. The van der Waals surface area contributed by atoms with Gasteiger partial charge in [-0.25, -0.2) is 0 Å². The van der Waals surface area contributed by atoms with E-state index < -0.39 is 0 Å². The van der Waals surface area contributed by atoms with E-state index in [0.717, 1.165) is 18.9 Å². The first-order valence-corrected chi connectivity index (χ1v) is 9.28. The molecule has 0 amide bonds. The molecule has 0 saturated heterocycles. The predicted octanol–water partition coefficient (Wildman–Crippen LogP) is 5.20. The minimum atomic E-state index is 0.106. The lowest BCUT2D eigenvalue weighted by Gasteiger charge is -2.17. The minimum absolute atomic E-state index is 0.106. The van der Waals surface area contributed by atoms with Crippen molar-refractivity contribution in [2.24, 2.45) is 11.7 Å². The molecule has 0 spiro atoms. The third kappa shape index (κ3) is 15.5. The van der Waals surface area contributed by atoms with Crippen molar-refractivity contribution in [3.8, 4) is 0 Å². The zero-order valence-electron chi connectivity index (χ0n) is 14.6. The highest BCUT2D eigenvalue weighted by molar-refractivity contribution is 5.74. The molecule has 0 unspecified atom stereocenters. The molecule has 21 heavy (non-hydrogen) atoms. The van der Waals surface area contributed by atoms with Crippen molar-refractivity contribution in [3.05, 3.63) is 0 Å². The second-order valence-corrected chi connectivity index (χ2v) is 6.40. The summed E-state index contributed by atoms with van der Waals surface area (Å²) < 4.78 is 0. The summed E-state index contributed by atoms with van der Waals surface area (Å²) in [6.07, 6.45) is 17.7. The van der Waals surface area contributed by atoms with Crippen molar-refractivity contribution in [2.75, 3.05) is 6.54 Å². The van der Waals surface area contributed by atoms with Crippen LogP contribution in [0.5, 0.6) is 0 Å². The quantitative estimate of drug-likeness (QED) is 0.221. The summed E-state index contributed by atoms with van der Waals surface area (Å²) in [5.74, 6) is 0.992. The molecule has 126 valence electrons. The SMILES string of the molecule is CCCCCCC[C@H](CCCCCC)CCCNC(=N)N. The molecule has 3 heteroatoms. The fourth-order valence-corrected chi connectivity index (χ4v) is 2.94. The Morgan fingerprint density at radius 1 is 0.810 bits per heavy atom. The summed E-state index contributed by atoms with van der Waals surface area (Å²) in [4.78, 5) is 0. The number of unbranched alkanes of at least 4 members (excludes halogenated alkanes) is 7. The first-order valence-electron chi connectivity index (χ1n) is 9.28. The van der Waals surface area contributed by atoms with Crippen molar-refractivity contribution < 1.29 is 0 Å². The van der Waals surface area contributed by atoms with E-state index in [2.05, 4.69) is 19.2 Å². The van der Waals surface area contributed by atoms with E-state index in [-0.39, 0.29) is 5.96 Å². The van der Waals surface area contributed by atoms with Gasteiger partial charge in [0, 0.05) is 6.54 Å². The summed E-state index contributed by atoms with van der Waals surface area (Å²) in [6.45, 7) is 5.41. The molecule has 0 fully saturated rings. The van der Waals surface area contributed by atoms with Gasteiger partial charge in [-0.3, -0.25) is 5.41 Å². The number of hydrogen-bond donors (Lipinski definition) is 3. The van der Waals surface area contributed by atoms with Gasteiger partial charge in [-0.15, -0.1) is 0 Å². The second-order valence-electron chi connectivity index (χ2n) is 6.40. The molecule has 3 nitrogen and oxygen atoms in total. The number of guanidine groups is 1. The summed E-state index contributed by atoms with van der Waals surface area (Å²) in [5.41, 5.74) is 5.32. The van der Waals surface area contributed by atoms with Crippen LogP contribution in [0.15, 0.2) is 0 Å². The first kappa shape index (κ1) is 20.3. The Bertz CT molecular complexity index is 229. The maximum absolute atomic E-state index is 7.18. The average molecular weight is 298 g/mol. The predicted molar refractivity (Wildman–Crippen MR) is 94.8 cm³/mol. The lowest BCUT2D eigenvalue weighted by molar-refractivity contribution is 0.373. The van der Waals surface area contributed by atoms with Gasteiger partial charge in [-0.05, 0) is 18.8 Å². The van der Waals surface area contributed by atoms with Gasteiger partial charge in [0.25, 0.3) is 0 Å². The van der Waals surface area contributed by atoms with Crippen LogP contribution in [0.1, 0.15) is 97.3 Å². The fourth-order valence-electron chi connectivity index (χ4n) is 2.94. The minimum Gasteiger partial charge on any atom is -0.370 e. The van der Waals surface area contributed by atoms with E-state index in [1.165, 1.54) is 77.0 Å². The standard InChI is InChI=1S/C18H39N3/c1-3-5-7-9-11-14-17(13-10-8-6-4-2)15-12-16-21-18(19)20/h17H,3-16H2,1-2H3,(H4,19,20,21)/t17-/m0/s1. The number of rotatable bonds is 15. The van der Waals surface area contributed by atoms with E-state index in [1.54, 1.807) is 0 Å². The van der Waals surface area contributed by atoms with E-state index in [4.69, 9.17) is 11.1 Å². The van der Waals surface area contributed by atoms with Crippen LogP contribution in [-0.4, -0.2) is 12.5 Å². The molecule has 0 bridgehead atoms. The molecule has 0 aliphatic rings. The summed E-state index contributed by atoms with van der Waals surface area (Å²) >= 11 is 0. The Kier molecular flexibility index (Phi) is 15.1. The molecule has 0 radical (unpaired) electrons. The smallest absolute Gasteiger partial charge is 0.185 e. The first-order chi connectivity index (χ1) is 10.2. The zero-order valence-corrected chi connectivity index (χ0v) is 14.6. The molecule has 4 N–H and O–H groups in total. The molecule has 0 heterocycles. The van der Waals surface area contributed by atoms with Crippen LogP contribution < -0.4 is 11.1 Å². The average Bonchev–Trinajstić information content (AvgIpc) is 2.46. The normalized spacial score (nSPS) is 12.3. The van der Waals surface area contributed by atoms with Crippen LogP contribution in [0.25, 0.3) is 0 Å². The molecule has 0 aromatic heterocycles. The molecule has 0 aromatic carbocycles.